The van der Waals surface area contributed by atoms with Gasteiger partial charge in [-0.25, -0.2) is 0 Å². The van der Waals surface area contributed by atoms with E-state index in [9.17, 15) is 28.0 Å². The van der Waals surface area contributed by atoms with Crippen LogP contribution in [0.25, 0.3) is 10.9 Å². The van der Waals surface area contributed by atoms with Crippen molar-refractivity contribution in [2.75, 3.05) is 18.0 Å². The van der Waals surface area contributed by atoms with Crippen LogP contribution in [0.15, 0.2) is 30.5 Å². The summed E-state index contributed by atoms with van der Waals surface area (Å²) in [6.07, 6.45) is -3.22. The molecule has 2 atom stereocenters. The van der Waals surface area contributed by atoms with E-state index >= 15 is 0 Å². The number of carbonyl (C=O) groups is 2. The summed E-state index contributed by atoms with van der Waals surface area (Å²) < 4.78 is 40.8. The molecule has 0 saturated carbocycles. The van der Waals surface area contributed by atoms with Gasteiger partial charge in [0.1, 0.15) is 11.9 Å². The van der Waals surface area contributed by atoms with Crippen molar-refractivity contribution in [3.05, 3.63) is 36.0 Å². The lowest BCUT2D eigenvalue weighted by Gasteiger charge is -2.40. The molecule has 1 aliphatic heterocycles. The zero-order valence-corrected chi connectivity index (χ0v) is 16.2. The number of anilines is 1. The lowest BCUT2D eigenvalue weighted by molar-refractivity contribution is -0.179. The number of piperidine rings is 1. The molecule has 158 valence electrons. The number of carbonyl (C=O) groups excluding carboxylic acids is 2. The third-order valence-corrected chi connectivity index (χ3v) is 5.37. The van der Waals surface area contributed by atoms with E-state index in [4.69, 9.17) is 5.73 Å². The second-order valence-corrected chi connectivity index (χ2v) is 7.60. The normalized spacial score (nSPS) is 19.5. The fourth-order valence-electron chi connectivity index (χ4n) is 4.00. The van der Waals surface area contributed by atoms with E-state index in [-0.39, 0.29) is 44.6 Å². The second kappa shape index (κ2) is 8.69. The first-order valence-corrected chi connectivity index (χ1v) is 9.58. The van der Waals surface area contributed by atoms with Crippen LogP contribution in [-0.2, 0) is 9.59 Å². The summed E-state index contributed by atoms with van der Waals surface area (Å²) in [5, 5.41) is 9.89. The standard InChI is InChI=1S/C21H21F3N4O2/c22-21(23,24)15-8-13(9-16(29)4-6-19(26)30)11-28(12-15)18-5-3-14(10-25)20-17(18)2-1-7-27-20/h1-3,5,7,13,15H,4,6,8-9,11-12H2,(H2,26,30). The van der Waals surface area contributed by atoms with Gasteiger partial charge in [0.25, 0.3) is 0 Å². The molecule has 2 aromatic rings. The van der Waals surface area contributed by atoms with Crippen molar-refractivity contribution in [1.29, 1.82) is 5.26 Å². The van der Waals surface area contributed by atoms with Crippen molar-refractivity contribution < 1.29 is 22.8 Å². The molecule has 9 heteroatoms. The average molecular weight is 418 g/mol. The summed E-state index contributed by atoms with van der Waals surface area (Å²) in [4.78, 5) is 28.9. The Morgan fingerprint density at radius 3 is 2.67 bits per heavy atom. The van der Waals surface area contributed by atoms with Gasteiger partial charge in [0, 0.05) is 49.6 Å². The molecule has 1 amide bonds. The molecule has 2 unspecified atom stereocenters. The highest BCUT2D eigenvalue weighted by molar-refractivity contribution is 5.95. The van der Waals surface area contributed by atoms with Gasteiger partial charge in [0.2, 0.25) is 5.91 Å². The minimum atomic E-state index is -4.39. The van der Waals surface area contributed by atoms with Crippen molar-refractivity contribution in [1.82, 2.24) is 4.98 Å². The van der Waals surface area contributed by atoms with Gasteiger partial charge in [-0.1, -0.05) is 0 Å². The quantitative estimate of drug-likeness (QED) is 0.776. The van der Waals surface area contributed by atoms with E-state index < -0.39 is 23.9 Å². The predicted molar refractivity (Wildman–Crippen MR) is 104 cm³/mol. The highest BCUT2D eigenvalue weighted by Crippen LogP contribution is 2.40. The molecule has 1 aromatic heterocycles. The van der Waals surface area contributed by atoms with E-state index in [1.54, 1.807) is 29.2 Å². The number of hydrogen-bond acceptors (Lipinski definition) is 5. The van der Waals surface area contributed by atoms with E-state index in [0.717, 1.165) is 0 Å². The third-order valence-electron chi connectivity index (χ3n) is 5.37. The number of aromatic nitrogens is 1. The molecule has 1 saturated heterocycles. The number of hydrogen-bond donors (Lipinski definition) is 1. The Bertz CT molecular complexity index is 1000. The van der Waals surface area contributed by atoms with E-state index in [0.29, 0.717) is 22.2 Å². The summed E-state index contributed by atoms with van der Waals surface area (Å²) in [5.74, 6) is -2.97. The largest absolute Gasteiger partial charge is 0.393 e. The van der Waals surface area contributed by atoms with Crippen molar-refractivity contribution in [3.63, 3.8) is 0 Å². The molecule has 0 spiro atoms. The number of halogens is 3. The molecule has 0 bridgehead atoms. The Labute approximate surface area is 171 Å². The maximum atomic E-state index is 13.6. The van der Waals surface area contributed by atoms with Crippen LogP contribution in [-0.4, -0.2) is 35.9 Å². The maximum Gasteiger partial charge on any atom is 0.393 e. The van der Waals surface area contributed by atoms with E-state index in [1.165, 1.54) is 6.20 Å². The average Bonchev–Trinajstić information content (AvgIpc) is 2.70. The van der Waals surface area contributed by atoms with Crippen molar-refractivity contribution in [2.45, 2.75) is 31.9 Å². The number of primary amides is 1. The molecule has 2 heterocycles. The number of benzene rings is 1. The number of rotatable bonds is 6. The summed E-state index contributed by atoms with van der Waals surface area (Å²) in [6, 6.07) is 8.63. The lowest BCUT2D eigenvalue weighted by atomic mass is 9.84. The SMILES string of the molecule is N#Cc1ccc(N2CC(CC(=O)CCC(N)=O)CC(C(F)(F)F)C2)c2cccnc12. The van der Waals surface area contributed by atoms with Crippen molar-refractivity contribution in [3.8, 4) is 6.07 Å². The second-order valence-electron chi connectivity index (χ2n) is 7.60. The number of ketones is 1. The van der Waals surface area contributed by atoms with Crippen LogP contribution in [0, 0.1) is 23.2 Å². The van der Waals surface area contributed by atoms with Crippen LogP contribution < -0.4 is 10.6 Å². The molecule has 6 nitrogen and oxygen atoms in total. The first-order valence-electron chi connectivity index (χ1n) is 9.58. The van der Waals surface area contributed by atoms with Gasteiger partial charge < -0.3 is 10.6 Å². The highest BCUT2D eigenvalue weighted by atomic mass is 19.4. The number of pyridine rings is 1. The van der Waals surface area contributed by atoms with Crippen LogP contribution in [0.2, 0.25) is 0 Å². The fraction of sp³-hybridized carbons (Fsp3) is 0.429. The van der Waals surface area contributed by atoms with E-state index in [2.05, 4.69) is 4.98 Å². The zero-order chi connectivity index (χ0) is 21.9. The van der Waals surface area contributed by atoms with Crippen LogP contribution in [0.5, 0.6) is 0 Å². The van der Waals surface area contributed by atoms with Crippen molar-refractivity contribution in [2.24, 2.45) is 17.6 Å². The van der Waals surface area contributed by atoms with Crippen molar-refractivity contribution >= 4 is 28.3 Å². The summed E-state index contributed by atoms with van der Waals surface area (Å²) in [6.45, 7) is 0.0379. The molecule has 2 N–H and O–H groups in total. The predicted octanol–water partition coefficient (Wildman–Crippen LogP) is 3.34. The number of alkyl halides is 3. The minimum absolute atomic E-state index is 0.0389. The highest BCUT2D eigenvalue weighted by Gasteiger charge is 2.45. The number of nitrogens with zero attached hydrogens (tertiary/aromatic N) is 3. The summed E-state index contributed by atoms with van der Waals surface area (Å²) in [5.41, 5.74) is 6.38. The van der Waals surface area contributed by atoms with E-state index in [1.807, 2.05) is 6.07 Å². The molecule has 3 rings (SSSR count). The molecule has 30 heavy (non-hydrogen) atoms. The molecule has 0 aliphatic carbocycles. The lowest BCUT2D eigenvalue weighted by Crippen LogP contribution is -2.46. The monoisotopic (exact) mass is 418 g/mol. The van der Waals surface area contributed by atoms with Gasteiger partial charge in [-0.15, -0.1) is 0 Å². The van der Waals surface area contributed by atoms with Crippen LogP contribution in [0.3, 0.4) is 0 Å². The van der Waals surface area contributed by atoms with Gasteiger partial charge in [-0.05, 0) is 36.6 Å². The third kappa shape index (κ3) is 4.87. The first kappa shape index (κ1) is 21.6. The number of fused-ring (bicyclic) bond motifs is 1. The van der Waals surface area contributed by atoms with Gasteiger partial charge in [-0.3, -0.25) is 14.6 Å². The van der Waals surface area contributed by atoms with Gasteiger partial charge in [0.15, 0.2) is 0 Å². The molecule has 1 fully saturated rings. The number of amides is 1. The molecule has 1 aromatic carbocycles. The Hall–Kier alpha value is -3.15. The maximum absolute atomic E-state index is 13.6. The summed E-state index contributed by atoms with van der Waals surface area (Å²) in [7, 11) is 0. The Kier molecular flexibility index (Phi) is 6.25. The molecule has 1 aliphatic rings. The van der Waals surface area contributed by atoms with Crippen LogP contribution in [0.1, 0.15) is 31.2 Å². The fourth-order valence-corrected chi connectivity index (χ4v) is 4.00. The summed E-state index contributed by atoms with van der Waals surface area (Å²) >= 11 is 0. The molecular formula is C21H21F3N4O2. The Morgan fingerprint density at radius 1 is 1.23 bits per heavy atom. The number of nitriles is 1. The number of nitrogens with two attached hydrogens (primary N) is 1. The first-order chi connectivity index (χ1) is 14.2. The smallest absolute Gasteiger partial charge is 0.370 e. The zero-order valence-electron chi connectivity index (χ0n) is 16.2. The number of Topliss-reactive ketones (excluding diaryl/α,β-unsaturated/α-hetero) is 1. The van der Waals surface area contributed by atoms with Gasteiger partial charge in [-0.2, -0.15) is 18.4 Å². The Morgan fingerprint density at radius 2 is 2.00 bits per heavy atom. The molecular weight excluding hydrogens is 397 g/mol. The minimum Gasteiger partial charge on any atom is -0.370 e. The van der Waals surface area contributed by atoms with Gasteiger partial charge >= 0.3 is 6.18 Å². The molecule has 0 radical (unpaired) electrons. The van der Waals surface area contributed by atoms with Crippen LogP contribution >= 0.6 is 0 Å². The Balaban J connectivity index is 1.90. The van der Waals surface area contributed by atoms with Crippen LogP contribution in [0.4, 0.5) is 18.9 Å². The topological polar surface area (TPSA) is 100 Å². The van der Waals surface area contributed by atoms with Gasteiger partial charge in [0.05, 0.1) is 17.0 Å².